The Morgan fingerprint density at radius 2 is 1.87 bits per heavy atom. The number of hydrogen-bond donors (Lipinski definition) is 1. The van der Waals surface area contributed by atoms with E-state index in [9.17, 15) is 4.55 Å². The minimum absolute atomic E-state index is 0.135. The number of hydrogen-bond acceptors (Lipinski definition) is 3. The van der Waals surface area contributed by atoms with E-state index in [0.717, 1.165) is 25.8 Å². The Kier molecular flexibility index (Phi) is 11.9. The van der Waals surface area contributed by atoms with E-state index < -0.39 is 11.4 Å². The molecule has 0 bridgehead atoms. The summed E-state index contributed by atoms with van der Waals surface area (Å²) < 4.78 is 16.3. The van der Waals surface area contributed by atoms with Crippen molar-refractivity contribution < 1.29 is 4.55 Å². The largest absolute Gasteiger partial charge is 0.591 e. The molecule has 1 fully saturated rings. The van der Waals surface area contributed by atoms with Crippen molar-refractivity contribution in [2.45, 2.75) is 94.8 Å². The SMILES string of the molecule is CCCC[S+]([O-])N=CC1CC(C)(Br)CCCCCCCCCN1. The zero-order valence-corrected chi connectivity index (χ0v) is 17.4. The van der Waals surface area contributed by atoms with Gasteiger partial charge >= 0.3 is 0 Å². The van der Waals surface area contributed by atoms with Gasteiger partial charge in [0.2, 0.25) is 0 Å². The number of nitrogens with zero attached hydrogens (tertiary/aromatic N) is 1. The van der Waals surface area contributed by atoms with E-state index in [1.165, 1.54) is 51.4 Å². The van der Waals surface area contributed by atoms with Gasteiger partial charge in [0.25, 0.3) is 0 Å². The maximum Gasteiger partial charge on any atom is 0.133 e. The van der Waals surface area contributed by atoms with Crippen LogP contribution in [0.5, 0.6) is 0 Å². The second-order valence-corrected chi connectivity index (χ2v) is 10.2. The van der Waals surface area contributed by atoms with Crippen LogP contribution >= 0.6 is 15.9 Å². The molecule has 1 heterocycles. The van der Waals surface area contributed by atoms with E-state index in [2.05, 4.69) is 39.5 Å². The number of halogens is 1. The number of unbranched alkanes of at least 4 members (excludes halogenated alkanes) is 1. The summed E-state index contributed by atoms with van der Waals surface area (Å²) in [7, 11) is 0. The molecular formula is C18H35BrN2OS. The van der Waals surface area contributed by atoms with Crippen LogP contribution in [0.1, 0.15) is 84.5 Å². The second-order valence-electron chi connectivity index (χ2n) is 7.04. The van der Waals surface area contributed by atoms with Gasteiger partial charge < -0.3 is 9.87 Å². The minimum Gasteiger partial charge on any atom is -0.591 e. The lowest BCUT2D eigenvalue weighted by molar-refractivity contribution is 0.467. The molecule has 0 aromatic rings. The molecule has 5 heteroatoms. The van der Waals surface area contributed by atoms with Gasteiger partial charge in [-0.05, 0) is 39.2 Å². The molecule has 0 amide bonds. The first-order chi connectivity index (χ1) is 11.0. The first-order valence-corrected chi connectivity index (χ1v) is 11.5. The molecule has 0 aromatic heterocycles. The number of nitrogens with one attached hydrogen (secondary N) is 1. The Labute approximate surface area is 154 Å². The second kappa shape index (κ2) is 12.7. The molecule has 3 atom stereocenters. The van der Waals surface area contributed by atoms with E-state index in [0.29, 0.717) is 5.75 Å². The maximum atomic E-state index is 11.9. The molecule has 3 unspecified atom stereocenters. The molecule has 0 aromatic carbocycles. The van der Waals surface area contributed by atoms with E-state index in [1.807, 2.05) is 6.21 Å². The third-order valence-electron chi connectivity index (χ3n) is 4.46. The molecule has 1 rings (SSSR count). The average molecular weight is 407 g/mol. The van der Waals surface area contributed by atoms with Crippen molar-refractivity contribution in [1.29, 1.82) is 0 Å². The zero-order chi connectivity index (χ0) is 17.0. The molecule has 23 heavy (non-hydrogen) atoms. The zero-order valence-electron chi connectivity index (χ0n) is 15.0. The molecular weight excluding hydrogens is 372 g/mol. The monoisotopic (exact) mass is 406 g/mol. The van der Waals surface area contributed by atoms with Crippen molar-refractivity contribution in [2.75, 3.05) is 12.3 Å². The topological polar surface area (TPSA) is 47.5 Å². The van der Waals surface area contributed by atoms with E-state index in [-0.39, 0.29) is 10.4 Å². The minimum atomic E-state index is -1.06. The fraction of sp³-hybridized carbons (Fsp3) is 0.944. The smallest absolute Gasteiger partial charge is 0.133 e. The molecule has 1 aliphatic rings. The normalized spacial score (nSPS) is 30.3. The molecule has 0 aliphatic carbocycles. The van der Waals surface area contributed by atoms with Crippen LogP contribution in [0.2, 0.25) is 0 Å². The summed E-state index contributed by atoms with van der Waals surface area (Å²) in [5.41, 5.74) is 0. The van der Waals surface area contributed by atoms with Crippen LogP contribution in [0.3, 0.4) is 0 Å². The van der Waals surface area contributed by atoms with Crippen LogP contribution < -0.4 is 5.32 Å². The van der Waals surface area contributed by atoms with Gasteiger partial charge in [0.15, 0.2) is 0 Å². The summed E-state index contributed by atoms with van der Waals surface area (Å²) >= 11 is 2.85. The predicted molar refractivity (Wildman–Crippen MR) is 107 cm³/mol. The van der Waals surface area contributed by atoms with Crippen molar-refractivity contribution >= 4 is 33.5 Å². The summed E-state index contributed by atoms with van der Waals surface area (Å²) in [6.45, 7) is 5.43. The average Bonchev–Trinajstić information content (AvgIpc) is 2.52. The first kappa shape index (κ1) is 21.5. The van der Waals surface area contributed by atoms with Crippen molar-refractivity contribution in [3.63, 3.8) is 0 Å². The molecule has 136 valence electrons. The number of rotatable bonds is 5. The standard InChI is InChI=1S/C18H35BrN2OS/c1-3-4-14-23(22)21-16-17-15-18(2,19)12-10-8-6-5-7-9-11-13-20-17/h16-17,20H,3-15H2,1-2H3. The fourth-order valence-electron chi connectivity index (χ4n) is 2.99. The van der Waals surface area contributed by atoms with Gasteiger partial charge in [-0.25, -0.2) is 0 Å². The summed E-state index contributed by atoms with van der Waals surface area (Å²) in [5, 5.41) is 3.61. The molecule has 0 radical (unpaired) electrons. The van der Waals surface area contributed by atoms with Gasteiger partial charge in [-0.2, -0.15) is 0 Å². The number of alkyl halides is 1. The van der Waals surface area contributed by atoms with Gasteiger partial charge in [-0.1, -0.05) is 72.2 Å². The highest BCUT2D eigenvalue weighted by molar-refractivity contribution is 9.10. The van der Waals surface area contributed by atoms with Crippen LogP contribution in [-0.2, 0) is 11.4 Å². The third kappa shape index (κ3) is 11.6. The summed E-state index contributed by atoms with van der Waals surface area (Å²) in [5.74, 6) is 0.686. The van der Waals surface area contributed by atoms with Crippen LogP contribution in [0.25, 0.3) is 0 Å². The predicted octanol–water partition coefficient (Wildman–Crippen LogP) is 5.16. The quantitative estimate of drug-likeness (QED) is 0.389. The van der Waals surface area contributed by atoms with Crippen molar-refractivity contribution in [3.8, 4) is 0 Å². The van der Waals surface area contributed by atoms with Gasteiger partial charge in [-0.15, -0.1) is 0 Å². The highest BCUT2D eigenvalue weighted by atomic mass is 79.9. The van der Waals surface area contributed by atoms with Crippen molar-refractivity contribution in [1.82, 2.24) is 5.32 Å². The lowest BCUT2D eigenvalue weighted by Gasteiger charge is -2.26. The Balaban J connectivity index is 2.56. The van der Waals surface area contributed by atoms with Gasteiger partial charge in [0.1, 0.15) is 5.75 Å². The van der Waals surface area contributed by atoms with Gasteiger partial charge in [-0.3, -0.25) is 0 Å². The Hall–Kier alpha value is 0.420. The maximum absolute atomic E-state index is 11.9. The van der Waals surface area contributed by atoms with E-state index >= 15 is 0 Å². The van der Waals surface area contributed by atoms with Crippen LogP contribution in [0, 0.1) is 0 Å². The molecule has 1 N–H and O–H groups in total. The molecule has 0 saturated carbocycles. The van der Waals surface area contributed by atoms with E-state index in [4.69, 9.17) is 0 Å². The lowest BCUT2D eigenvalue weighted by atomic mass is 9.95. The molecule has 0 spiro atoms. The van der Waals surface area contributed by atoms with Gasteiger partial charge in [0.05, 0.1) is 17.6 Å². The van der Waals surface area contributed by atoms with Crippen LogP contribution in [0.15, 0.2) is 4.40 Å². The lowest BCUT2D eigenvalue weighted by Crippen LogP contribution is -2.37. The van der Waals surface area contributed by atoms with Crippen molar-refractivity contribution in [3.05, 3.63) is 0 Å². The fourth-order valence-corrected chi connectivity index (χ4v) is 4.54. The Morgan fingerprint density at radius 3 is 2.57 bits per heavy atom. The van der Waals surface area contributed by atoms with E-state index in [1.54, 1.807) is 0 Å². The summed E-state index contributed by atoms with van der Waals surface area (Å²) in [6, 6.07) is 0.214. The van der Waals surface area contributed by atoms with Crippen LogP contribution in [0.4, 0.5) is 0 Å². The van der Waals surface area contributed by atoms with Crippen molar-refractivity contribution in [2.24, 2.45) is 4.40 Å². The molecule has 1 saturated heterocycles. The molecule has 3 nitrogen and oxygen atoms in total. The summed E-state index contributed by atoms with van der Waals surface area (Å²) in [4.78, 5) is 0. The van der Waals surface area contributed by atoms with Crippen LogP contribution in [-0.4, -0.2) is 33.4 Å². The molecule has 1 aliphatic heterocycles. The van der Waals surface area contributed by atoms with Gasteiger partial charge in [0, 0.05) is 10.4 Å². The first-order valence-electron chi connectivity index (χ1n) is 9.38. The summed E-state index contributed by atoms with van der Waals surface area (Å²) in [6.07, 6.45) is 15.4. The Bertz CT molecular complexity index is 326. The Morgan fingerprint density at radius 1 is 1.22 bits per heavy atom. The third-order valence-corrected chi connectivity index (χ3v) is 6.17. The highest BCUT2D eigenvalue weighted by Gasteiger charge is 2.24. The highest BCUT2D eigenvalue weighted by Crippen LogP contribution is 2.30.